The lowest BCUT2D eigenvalue weighted by Gasteiger charge is -2.12. The van der Waals surface area contributed by atoms with Crippen LogP contribution < -0.4 is 11.1 Å². The van der Waals surface area contributed by atoms with E-state index in [1.165, 1.54) is 17.8 Å². The number of rotatable bonds is 4. The van der Waals surface area contributed by atoms with Crippen molar-refractivity contribution in [2.75, 3.05) is 11.5 Å². The molecule has 1 aromatic heterocycles. The van der Waals surface area contributed by atoms with Gasteiger partial charge in [0.1, 0.15) is 0 Å². The van der Waals surface area contributed by atoms with Crippen LogP contribution in [0.3, 0.4) is 0 Å². The van der Waals surface area contributed by atoms with Crippen molar-refractivity contribution in [1.29, 1.82) is 0 Å². The van der Waals surface area contributed by atoms with Gasteiger partial charge in [-0.2, -0.15) is 11.8 Å². The summed E-state index contributed by atoms with van der Waals surface area (Å²) in [5.41, 5.74) is 6.49. The van der Waals surface area contributed by atoms with Gasteiger partial charge in [0.2, 0.25) is 0 Å². The van der Waals surface area contributed by atoms with Crippen LogP contribution in [0.1, 0.15) is 40.7 Å². The van der Waals surface area contributed by atoms with E-state index in [-0.39, 0.29) is 5.91 Å². The van der Waals surface area contributed by atoms with Crippen molar-refractivity contribution in [2.45, 2.75) is 44.4 Å². The molecule has 2 atom stereocenters. The van der Waals surface area contributed by atoms with Crippen LogP contribution in [0.15, 0.2) is 6.07 Å². The van der Waals surface area contributed by atoms with Crippen LogP contribution in [-0.2, 0) is 0 Å². The number of hydrogen-bond acceptors (Lipinski definition) is 4. The molecule has 1 aliphatic rings. The van der Waals surface area contributed by atoms with E-state index in [4.69, 9.17) is 5.73 Å². The van der Waals surface area contributed by atoms with Crippen LogP contribution >= 0.6 is 23.1 Å². The first-order chi connectivity index (χ1) is 8.60. The van der Waals surface area contributed by atoms with Crippen LogP contribution in [-0.4, -0.2) is 23.0 Å². The Morgan fingerprint density at radius 2 is 2.39 bits per heavy atom. The van der Waals surface area contributed by atoms with E-state index in [1.807, 2.05) is 18.7 Å². The third-order valence-corrected chi connectivity index (χ3v) is 5.60. The predicted octanol–water partition coefficient (Wildman–Crippen LogP) is 3.04. The number of aryl methyl sites for hydroxylation is 1. The standard InChI is InChI=1S/C13H20N2OS2/c1-3-17-10-5-4-9(6-10)15-13(16)12-7-11(14)8(2)18-12/h7,9-10H,3-6,14H2,1-2H3,(H,15,16). The third kappa shape index (κ3) is 3.20. The fraction of sp³-hybridized carbons (Fsp3) is 0.615. The summed E-state index contributed by atoms with van der Waals surface area (Å²) >= 11 is 3.48. The SMILES string of the molecule is CCSC1CCC(NC(=O)c2cc(N)c(C)s2)C1. The maximum atomic E-state index is 12.1. The first kappa shape index (κ1) is 13.7. The Balaban J connectivity index is 1.88. The molecule has 3 nitrogen and oxygen atoms in total. The van der Waals surface area contributed by atoms with Crippen molar-refractivity contribution < 1.29 is 4.79 Å². The molecule has 1 saturated carbocycles. The van der Waals surface area contributed by atoms with Crippen molar-refractivity contribution in [1.82, 2.24) is 5.32 Å². The Labute approximate surface area is 117 Å². The Morgan fingerprint density at radius 1 is 1.61 bits per heavy atom. The molecule has 0 saturated heterocycles. The second kappa shape index (κ2) is 5.97. The Morgan fingerprint density at radius 3 is 3.00 bits per heavy atom. The summed E-state index contributed by atoms with van der Waals surface area (Å²) in [5, 5.41) is 3.84. The second-order valence-electron chi connectivity index (χ2n) is 4.68. The summed E-state index contributed by atoms with van der Waals surface area (Å²) in [6.07, 6.45) is 3.42. The van der Waals surface area contributed by atoms with Gasteiger partial charge in [-0.3, -0.25) is 4.79 Å². The van der Waals surface area contributed by atoms with Crippen LogP contribution in [0.4, 0.5) is 5.69 Å². The smallest absolute Gasteiger partial charge is 0.261 e. The number of hydrogen-bond donors (Lipinski definition) is 2. The molecule has 18 heavy (non-hydrogen) atoms. The van der Waals surface area contributed by atoms with E-state index in [9.17, 15) is 4.79 Å². The lowest BCUT2D eigenvalue weighted by Crippen LogP contribution is -2.32. The number of thiophene rings is 1. The van der Waals surface area contributed by atoms with E-state index in [1.54, 1.807) is 6.07 Å². The monoisotopic (exact) mass is 284 g/mol. The Kier molecular flexibility index (Phi) is 4.56. The number of carbonyl (C=O) groups excluding carboxylic acids is 1. The Bertz CT molecular complexity index is 411. The van der Waals surface area contributed by atoms with Crippen molar-refractivity contribution in [2.24, 2.45) is 0 Å². The highest BCUT2D eigenvalue weighted by Crippen LogP contribution is 2.30. The molecule has 1 aromatic rings. The zero-order valence-electron chi connectivity index (χ0n) is 10.9. The van der Waals surface area contributed by atoms with Crippen LogP contribution in [0.25, 0.3) is 0 Å². The van der Waals surface area contributed by atoms with Crippen LogP contribution in [0.5, 0.6) is 0 Å². The number of amides is 1. The van der Waals surface area contributed by atoms with Gasteiger partial charge in [-0.25, -0.2) is 0 Å². The molecule has 1 fully saturated rings. The molecular formula is C13H20N2OS2. The first-order valence-electron chi connectivity index (χ1n) is 6.38. The van der Waals surface area contributed by atoms with Crippen molar-refractivity contribution in [3.05, 3.63) is 15.8 Å². The number of nitrogen functional groups attached to an aromatic ring is 1. The van der Waals surface area contributed by atoms with E-state index in [0.29, 0.717) is 6.04 Å². The van der Waals surface area contributed by atoms with E-state index in [2.05, 4.69) is 12.2 Å². The fourth-order valence-electron chi connectivity index (χ4n) is 2.32. The lowest BCUT2D eigenvalue weighted by molar-refractivity contribution is 0.0942. The minimum absolute atomic E-state index is 0.0342. The second-order valence-corrected chi connectivity index (χ2v) is 7.52. The van der Waals surface area contributed by atoms with E-state index in [0.717, 1.165) is 39.3 Å². The summed E-state index contributed by atoms with van der Waals surface area (Å²) in [6.45, 7) is 4.13. The summed E-state index contributed by atoms with van der Waals surface area (Å²) in [5.74, 6) is 1.19. The topological polar surface area (TPSA) is 55.1 Å². The minimum atomic E-state index is 0.0342. The lowest BCUT2D eigenvalue weighted by atomic mass is 10.2. The predicted molar refractivity (Wildman–Crippen MR) is 80.5 cm³/mol. The van der Waals surface area contributed by atoms with Gasteiger partial charge in [0.25, 0.3) is 5.91 Å². The molecule has 1 amide bonds. The van der Waals surface area contributed by atoms with Gasteiger partial charge in [-0.15, -0.1) is 11.3 Å². The highest BCUT2D eigenvalue weighted by molar-refractivity contribution is 7.99. The number of nitrogens with one attached hydrogen (secondary N) is 1. The van der Waals surface area contributed by atoms with E-state index < -0.39 is 0 Å². The molecule has 0 spiro atoms. The average molecular weight is 284 g/mol. The third-order valence-electron chi connectivity index (χ3n) is 3.30. The molecule has 0 radical (unpaired) electrons. The molecule has 100 valence electrons. The number of nitrogens with two attached hydrogens (primary N) is 1. The van der Waals surface area contributed by atoms with E-state index >= 15 is 0 Å². The molecule has 5 heteroatoms. The van der Waals surface area contributed by atoms with Crippen molar-refractivity contribution >= 4 is 34.7 Å². The van der Waals surface area contributed by atoms with Gasteiger partial charge in [-0.05, 0) is 38.0 Å². The van der Waals surface area contributed by atoms with Gasteiger partial charge in [0, 0.05) is 21.9 Å². The molecule has 3 N–H and O–H groups in total. The molecule has 0 bridgehead atoms. The molecule has 0 aliphatic heterocycles. The number of carbonyl (C=O) groups is 1. The minimum Gasteiger partial charge on any atom is -0.398 e. The normalized spacial score (nSPS) is 23.2. The van der Waals surface area contributed by atoms with Crippen molar-refractivity contribution in [3.8, 4) is 0 Å². The zero-order valence-corrected chi connectivity index (χ0v) is 12.5. The number of thioether (sulfide) groups is 1. The maximum absolute atomic E-state index is 12.1. The summed E-state index contributed by atoms with van der Waals surface area (Å²) < 4.78 is 0. The molecule has 0 aromatic carbocycles. The summed E-state index contributed by atoms with van der Waals surface area (Å²) in [7, 11) is 0. The first-order valence-corrected chi connectivity index (χ1v) is 8.25. The molecule has 1 aliphatic carbocycles. The fourth-order valence-corrected chi connectivity index (χ4v) is 4.31. The molecule has 2 rings (SSSR count). The van der Waals surface area contributed by atoms with Crippen molar-refractivity contribution in [3.63, 3.8) is 0 Å². The molecule has 2 unspecified atom stereocenters. The van der Waals surface area contributed by atoms with Crippen LogP contribution in [0, 0.1) is 6.92 Å². The van der Waals surface area contributed by atoms with Crippen LogP contribution in [0.2, 0.25) is 0 Å². The highest BCUT2D eigenvalue weighted by atomic mass is 32.2. The number of anilines is 1. The zero-order chi connectivity index (χ0) is 13.1. The quantitative estimate of drug-likeness (QED) is 0.893. The van der Waals surface area contributed by atoms with Gasteiger partial charge in [0.05, 0.1) is 4.88 Å². The molecule has 1 heterocycles. The van der Waals surface area contributed by atoms with Gasteiger partial charge >= 0.3 is 0 Å². The Hall–Kier alpha value is -0.680. The van der Waals surface area contributed by atoms with Gasteiger partial charge < -0.3 is 11.1 Å². The van der Waals surface area contributed by atoms with Gasteiger partial charge in [-0.1, -0.05) is 6.92 Å². The largest absolute Gasteiger partial charge is 0.398 e. The average Bonchev–Trinajstić information content (AvgIpc) is 2.88. The summed E-state index contributed by atoms with van der Waals surface area (Å²) in [4.78, 5) is 13.8. The molecular weight excluding hydrogens is 264 g/mol. The van der Waals surface area contributed by atoms with Gasteiger partial charge in [0.15, 0.2) is 0 Å². The highest BCUT2D eigenvalue weighted by Gasteiger charge is 2.26. The maximum Gasteiger partial charge on any atom is 0.261 e. The summed E-state index contributed by atoms with van der Waals surface area (Å²) in [6, 6.07) is 2.12.